The van der Waals surface area contributed by atoms with Gasteiger partial charge in [-0.25, -0.2) is 0 Å². The second-order valence-corrected chi connectivity index (χ2v) is 12.9. The number of aliphatic hydroxyl groups is 1. The van der Waals surface area contributed by atoms with Crippen molar-refractivity contribution in [3.05, 3.63) is 23.8 Å². The highest BCUT2D eigenvalue weighted by Crippen LogP contribution is 2.32. The minimum atomic E-state index is -0.784. The zero-order valence-electron chi connectivity index (χ0n) is 28.0. The fourth-order valence-electron chi connectivity index (χ4n) is 5.51. The Bertz CT molecular complexity index is 880. The topological polar surface area (TPSA) is 112 Å². The van der Waals surface area contributed by atoms with E-state index in [-0.39, 0.29) is 23.7 Å². The number of nitrogens with one attached hydrogen (secondary N) is 1. The molecular formula is C34H62N2O6. The van der Waals surface area contributed by atoms with Crippen molar-refractivity contribution >= 4 is 5.91 Å². The van der Waals surface area contributed by atoms with Crippen LogP contribution in [-0.4, -0.2) is 69.8 Å². The number of nitrogens with two attached hydrogens (primary N) is 1. The van der Waals surface area contributed by atoms with Crippen molar-refractivity contribution in [1.82, 2.24) is 5.32 Å². The summed E-state index contributed by atoms with van der Waals surface area (Å²) in [6.07, 6.45) is 5.92. The summed E-state index contributed by atoms with van der Waals surface area (Å²) in [6.45, 7) is 14.3. The number of methoxy groups -OCH3 is 3. The van der Waals surface area contributed by atoms with Gasteiger partial charge in [0.05, 0.1) is 32.0 Å². The van der Waals surface area contributed by atoms with E-state index < -0.39 is 17.7 Å². The van der Waals surface area contributed by atoms with Crippen molar-refractivity contribution in [2.45, 2.75) is 111 Å². The Hall–Kier alpha value is -1.87. The summed E-state index contributed by atoms with van der Waals surface area (Å²) in [4.78, 5) is 13.5. The Morgan fingerprint density at radius 3 is 2.26 bits per heavy atom. The van der Waals surface area contributed by atoms with E-state index in [9.17, 15) is 9.90 Å². The van der Waals surface area contributed by atoms with Crippen LogP contribution in [0.5, 0.6) is 11.5 Å². The van der Waals surface area contributed by atoms with Crippen LogP contribution in [-0.2, 0) is 20.7 Å². The lowest BCUT2D eigenvalue weighted by Gasteiger charge is -2.34. The first-order chi connectivity index (χ1) is 19.9. The number of unbranched alkanes of at least 4 members (excludes halogenated alkanes) is 2. The lowest BCUT2D eigenvalue weighted by Crippen LogP contribution is -2.53. The number of aliphatic hydroxyl groups excluding tert-OH is 1. The first kappa shape index (κ1) is 38.2. The SMILES string of the molecule is CCCCCC(C)(COC)NC(=O)C(C[C@H](O)C(N)CC(Cc1ccc(OC)c(OCCCOC)c1)C(C)C)C(C)C. The summed E-state index contributed by atoms with van der Waals surface area (Å²) in [6, 6.07) is 5.61. The summed E-state index contributed by atoms with van der Waals surface area (Å²) in [5.41, 5.74) is 7.33. The summed E-state index contributed by atoms with van der Waals surface area (Å²) in [5.74, 6) is 1.72. The van der Waals surface area contributed by atoms with E-state index in [1.165, 1.54) is 0 Å². The average Bonchev–Trinajstić information content (AvgIpc) is 2.93. The van der Waals surface area contributed by atoms with Gasteiger partial charge in [-0.2, -0.15) is 0 Å². The predicted octanol–water partition coefficient (Wildman–Crippen LogP) is 5.77. The number of rotatable bonds is 23. The maximum Gasteiger partial charge on any atom is 0.223 e. The van der Waals surface area contributed by atoms with E-state index in [1.54, 1.807) is 21.3 Å². The van der Waals surface area contributed by atoms with E-state index in [4.69, 9.17) is 24.7 Å². The average molecular weight is 595 g/mol. The molecule has 0 saturated heterocycles. The molecule has 0 saturated carbocycles. The zero-order valence-corrected chi connectivity index (χ0v) is 28.0. The van der Waals surface area contributed by atoms with Crippen molar-refractivity contribution in [2.24, 2.45) is 29.4 Å². The van der Waals surface area contributed by atoms with E-state index in [2.05, 4.69) is 32.2 Å². The number of carbonyl (C=O) groups is 1. The summed E-state index contributed by atoms with van der Waals surface area (Å²) in [5, 5.41) is 14.5. The molecule has 4 N–H and O–H groups in total. The molecule has 0 radical (unpaired) electrons. The number of ether oxygens (including phenoxy) is 4. The van der Waals surface area contributed by atoms with Crippen molar-refractivity contribution in [1.29, 1.82) is 0 Å². The Kier molecular flexibility index (Phi) is 18.3. The number of hydrogen-bond donors (Lipinski definition) is 3. The molecule has 244 valence electrons. The van der Waals surface area contributed by atoms with Gasteiger partial charge in [0.15, 0.2) is 11.5 Å². The van der Waals surface area contributed by atoms with Gasteiger partial charge in [0.2, 0.25) is 5.91 Å². The van der Waals surface area contributed by atoms with Crippen LogP contribution in [0, 0.1) is 23.7 Å². The van der Waals surface area contributed by atoms with Gasteiger partial charge in [0, 0.05) is 39.2 Å². The minimum Gasteiger partial charge on any atom is -0.493 e. The maximum atomic E-state index is 13.5. The van der Waals surface area contributed by atoms with Crippen molar-refractivity contribution in [3.63, 3.8) is 0 Å². The molecule has 0 spiro atoms. The molecule has 1 amide bonds. The molecule has 1 aromatic rings. The van der Waals surface area contributed by atoms with Crippen LogP contribution < -0.4 is 20.5 Å². The number of hydrogen-bond acceptors (Lipinski definition) is 7. The molecule has 0 aliphatic carbocycles. The molecule has 1 rings (SSSR count). The highest BCUT2D eigenvalue weighted by Gasteiger charge is 2.34. The molecule has 0 bridgehead atoms. The number of carbonyl (C=O) groups excluding carboxylic acids is 1. The van der Waals surface area contributed by atoms with E-state index in [0.29, 0.717) is 44.3 Å². The molecule has 0 fully saturated rings. The first-order valence-electron chi connectivity index (χ1n) is 15.9. The van der Waals surface area contributed by atoms with Crippen LogP contribution >= 0.6 is 0 Å². The van der Waals surface area contributed by atoms with Crippen molar-refractivity contribution in [3.8, 4) is 11.5 Å². The van der Waals surface area contributed by atoms with Crippen LogP contribution in [0.25, 0.3) is 0 Å². The van der Waals surface area contributed by atoms with Gasteiger partial charge in [-0.15, -0.1) is 0 Å². The molecule has 0 aromatic heterocycles. The maximum absolute atomic E-state index is 13.5. The lowest BCUT2D eigenvalue weighted by molar-refractivity contribution is -0.130. The Labute approximate surface area is 256 Å². The molecule has 0 heterocycles. The zero-order chi connectivity index (χ0) is 31.7. The largest absolute Gasteiger partial charge is 0.493 e. The second-order valence-electron chi connectivity index (χ2n) is 12.9. The summed E-state index contributed by atoms with van der Waals surface area (Å²) < 4.78 is 22.1. The quantitative estimate of drug-likeness (QED) is 0.138. The van der Waals surface area contributed by atoms with Crippen LogP contribution in [0.4, 0.5) is 0 Å². The monoisotopic (exact) mass is 594 g/mol. The molecule has 42 heavy (non-hydrogen) atoms. The molecule has 0 aliphatic rings. The third kappa shape index (κ3) is 13.6. The van der Waals surface area contributed by atoms with E-state index in [1.807, 2.05) is 32.9 Å². The molecule has 0 aliphatic heterocycles. The van der Waals surface area contributed by atoms with Gasteiger partial charge in [-0.3, -0.25) is 4.79 Å². The number of benzene rings is 1. The molecule has 1 aromatic carbocycles. The van der Waals surface area contributed by atoms with Crippen molar-refractivity contribution in [2.75, 3.05) is 41.2 Å². The fourth-order valence-corrected chi connectivity index (χ4v) is 5.51. The lowest BCUT2D eigenvalue weighted by atomic mass is 9.80. The Morgan fingerprint density at radius 1 is 0.976 bits per heavy atom. The smallest absolute Gasteiger partial charge is 0.223 e. The van der Waals surface area contributed by atoms with Gasteiger partial charge in [-0.05, 0) is 68.1 Å². The van der Waals surface area contributed by atoms with Crippen LogP contribution in [0.1, 0.15) is 92.1 Å². The van der Waals surface area contributed by atoms with Gasteiger partial charge in [0.1, 0.15) is 0 Å². The highest BCUT2D eigenvalue weighted by atomic mass is 16.5. The molecule has 8 heteroatoms. The van der Waals surface area contributed by atoms with E-state index >= 15 is 0 Å². The standard InChI is InChI=1S/C34H62N2O6/c1-10-11-12-16-34(6,23-40-8)36-33(38)28(25(4)5)22-30(37)29(35)21-27(24(2)3)19-26-14-15-31(41-9)32(20-26)42-18-13-17-39-7/h14-15,20,24-25,27-30,37H,10-13,16-19,21-23,35H2,1-9H3,(H,36,38)/t27?,28?,29?,30-,34?/m0/s1. The summed E-state index contributed by atoms with van der Waals surface area (Å²) >= 11 is 0. The molecule has 8 nitrogen and oxygen atoms in total. The van der Waals surface area contributed by atoms with Crippen LogP contribution in [0.3, 0.4) is 0 Å². The van der Waals surface area contributed by atoms with Gasteiger partial charge in [0.25, 0.3) is 0 Å². The van der Waals surface area contributed by atoms with Crippen LogP contribution in [0.2, 0.25) is 0 Å². The predicted molar refractivity (Wildman–Crippen MR) is 171 cm³/mol. The normalized spacial score (nSPS) is 16.1. The summed E-state index contributed by atoms with van der Waals surface area (Å²) in [7, 11) is 4.99. The third-order valence-corrected chi connectivity index (χ3v) is 8.35. The van der Waals surface area contributed by atoms with Crippen molar-refractivity contribution < 1.29 is 28.8 Å². The number of amides is 1. The molecular weight excluding hydrogens is 532 g/mol. The van der Waals surface area contributed by atoms with Crippen LogP contribution in [0.15, 0.2) is 18.2 Å². The fraction of sp³-hybridized carbons (Fsp3) is 0.794. The second kappa shape index (κ2) is 20.2. The minimum absolute atomic E-state index is 0.0380. The van der Waals surface area contributed by atoms with E-state index in [0.717, 1.165) is 49.8 Å². The first-order valence-corrected chi connectivity index (χ1v) is 15.9. The Balaban J connectivity index is 2.92. The molecule has 4 unspecified atom stereocenters. The van der Waals surface area contributed by atoms with Gasteiger partial charge in [-0.1, -0.05) is 59.9 Å². The Morgan fingerprint density at radius 2 is 1.69 bits per heavy atom. The third-order valence-electron chi connectivity index (χ3n) is 8.35. The van der Waals surface area contributed by atoms with Gasteiger partial charge >= 0.3 is 0 Å². The highest BCUT2D eigenvalue weighted by molar-refractivity contribution is 5.79. The molecule has 5 atom stereocenters. The van der Waals surface area contributed by atoms with Gasteiger partial charge < -0.3 is 35.1 Å².